The van der Waals surface area contributed by atoms with Crippen molar-refractivity contribution in [3.8, 4) is 0 Å². The summed E-state index contributed by atoms with van der Waals surface area (Å²) in [5, 5.41) is 0. The fourth-order valence-corrected chi connectivity index (χ4v) is 6.33. The Hall–Kier alpha value is -2.14. The number of carbonyl (C=O) groups is 2. The number of carbonyl (C=O) groups excluding carboxylic acids is 2. The van der Waals surface area contributed by atoms with E-state index in [1.165, 1.54) is 122 Å². The lowest BCUT2D eigenvalue weighted by Crippen LogP contribution is -2.30. The van der Waals surface area contributed by atoms with E-state index in [2.05, 4.69) is 69.4 Å². The third kappa shape index (κ3) is 42.6. The van der Waals surface area contributed by atoms with Crippen molar-refractivity contribution in [2.24, 2.45) is 0 Å². The molecule has 0 N–H and O–H groups in total. The molecule has 0 spiro atoms. The van der Waals surface area contributed by atoms with Crippen LogP contribution in [0.15, 0.2) is 48.6 Å². The highest BCUT2D eigenvalue weighted by Gasteiger charge is 2.17. The monoisotopic (exact) mass is 757 g/mol. The molecule has 0 saturated heterocycles. The van der Waals surface area contributed by atoms with Gasteiger partial charge in [-0.05, 0) is 83.5 Å². The van der Waals surface area contributed by atoms with Crippen molar-refractivity contribution in [2.75, 3.05) is 19.8 Å². The molecule has 0 aliphatic heterocycles. The summed E-state index contributed by atoms with van der Waals surface area (Å²) in [6.07, 6.45) is 54.2. The lowest BCUT2D eigenvalue weighted by Gasteiger charge is -2.18. The molecule has 5 nitrogen and oxygen atoms in total. The number of allylic oxidation sites excluding steroid dienone is 8. The number of hydrogen-bond donors (Lipinski definition) is 0. The summed E-state index contributed by atoms with van der Waals surface area (Å²) in [7, 11) is 0. The minimum absolute atomic E-state index is 0.0760. The molecular weight excluding hydrogens is 669 g/mol. The molecule has 0 aromatic heterocycles. The van der Waals surface area contributed by atoms with Gasteiger partial charge in [0.25, 0.3) is 0 Å². The zero-order chi connectivity index (χ0) is 39.3. The summed E-state index contributed by atoms with van der Waals surface area (Å²) in [4.78, 5) is 25.0. The zero-order valence-corrected chi connectivity index (χ0v) is 36.0. The van der Waals surface area contributed by atoms with Crippen LogP contribution in [0.2, 0.25) is 0 Å². The average molecular weight is 757 g/mol. The molecule has 0 fully saturated rings. The summed E-state index contributed by atoms with van der Waals surface area (Å²) in [6.45, 7) is 7.69. The molecular formula is C49H88O5. The van der Waals surface area contributed by atoms with Crippen LogP contribution in [0.4, 0.5) is 0 Å². The third-order valence-corrected chi connectivity index (χ3v) is 9.84. The zero-order valence-electron chi connectivity index (χ0n) is 36.0. The number of rotatable bonds is 42. The van der Waals surface area contributed by atoms with Crippen molar-refractivity contribution >= 4 is 11.9 Å². The Kier molecular flexibility index (Phi) is 43.5. The number of ether oxygens (including phenoxy) is 3. The molecule has 0 bridgehead atoms. The molecule has 0 saturated carbocycles. The first kappa shape index (κ1) is 51.9. The Morgan fingerprint density at radius 2 is 0.778 bits per heavy atom. The molecule has 1 unspecified atom stereocenters. The molecule has 1 atom stereocenters. The molecule has 5 heteroatoms. The van der Waals surface area contributed by atoms with Crippen molar-refractivity contribution in [3.05, 3.63) is 48.6 Å². The average Bonchev–Trinajstić information content (AvgIpc) is 3.17. The maximum absolute atomic E-state index is 12.5. The highest BCUT2D eigenvalue weighted by molar-refractivity contribution is 5.70. The van der Waals surface area contributed by atoms with E-state index >= 15 is 0 Å². The second-order valence-electron chi connectivity index (χ2n) is 15.3. The number of unbranched alkanes of at least 4 members (excludes halogenated alkanes) is 23. The number of hydrogen-bond acceptors (Lipinski definition) is 5. The summed E-state index contributed by atoms with van der Waals surface area (Å²) in [6, 6.07) is 0. The Balaban J connectivity index is 4.07. The Morgan fingerprint density at radius 1 is 0.407 bits per heavy atom. The van der Waals surface area contributed by atoms with Gasteiger partial charge in [-0.2, -0.15) is 0 Å². The van der Waals surface area contributed by atoms with E-state index in [1.54, 1.807) is 0 Å². The summed E-state index contributed by atoms with van der Waals surface area (Å²) < 4.78 is 17.2. The third-order valence-electron chi connectivity index (χ3n) is 9.84. The highest BCUT2D eigenvalue weighted by atomic mass is 16.6. The van der Waals surface area contributed by atoms with Gasteiger partial charge < -0.3 is 14.2 Å². The highest BCUT2D eigenvalue weighted by Crippen LogP contribution is 2.13. The molecule has 0 amide bonds. The molecule has 54 heavy (non-hydrogen) atoms. The van der Waals surface area contributed by atoms with Crippen LogP contribution in [0.25, 0.3) is 0 Å². The molecule has 0 aromatic rings. The quantitative estimate of drug-likeness (QED) is 0.0353. The lowest BCUT2D eigenvalue weighted by molar-refractivity contribution is -0.163. The van der Waals surface area contributed by atoms with E-state index in [-0.39, 0.29) is 25.2 Å². The molecule has 0 heterocycles. The minimum atomic E-state index is -0.538. The van der Waals surface area contributed by atoms with Crippen molar-refractivity contribution in [3.63, 3.8) is 0 Å². The fraction of sp³-hybridized carbons (Fsp3) is 0.796. The maximum atomic E-state index is 12.5. The second-order valence-corrected chi connectivity index (χ2v) is 15.3. The van der Waals surface area contributed by atoms with Crippen LogP contribution in [0.5, 0.6) is 0 Å². The summed E-state index contributed by atoms with van der Waals surface area (Å²) in [5.74, 6) is -0.426. The van der Waals surface area contributed by atoms with E-state index < -0.39 is 6.10 Å². The predicted octanol–water partition coefficient (Wildman–Crippen LogP) is 15.2. The number of esters is 2. The van der Waals surface area contributed by atoms with Crippen molar-refractivity contribution < 1.29 is 23.8 Å². The second kappa shape index (κ2) is 45.3. The van der Waals surface area contributed by atoms with Crippen LogP contribution in [0, 0.1) is 0 Å². The van der Waals surface area contributed by atoms with E-state index in [9.17, 15) is 9.59 Å². The van der Waals surface area contributed by atoms with E-state index in [1.807, 2.05) is 0 Å². The Bertz CT molecular complexity index is 904. The van der Waals surface area contributed by atoms with Crippen LogP contribution >= 0.6 is 0 Å². The molecule has 314 valence electrons. The van der Waals surface area contributed by atoms with Crippen molar-refractivity contribution in [1.29, 1.82) is 0 Å². The van der Waals surface area contributed by atoms with Gasteiger partial charge in [-0.15, -0.1) is 0 Å². The SMILES string of the molecule is CCCCC/C=C\C/C=C\CCCCCCCCCCOCC(COC(=O)CCCCCCC/C=C\C/C=C\CCCCC)OC(=O)CCCCCCC. The van der Waals surface area contributed by atoms with Gasteiger partial charge in [-0.25, -0.2) is 0 Å². The van der Waals surface area contributed by atoms with E-state index in [0.717, 1.165) is 70.6 Å². The van der Waals surface area contributed by atoms with Crippen LogP contribution in [-0.2, 0) is 23.8 Å². The molecule has 0 aromatic carbocycles. The van der Waals surface area contributed by atoms with Gasteiger partial charge in [0.1, 0.15) is 6.61 Å². The molecule has 0 radical (unpaired) electrons. The Labute approximate surface area is 335 Å². The first-order chi connectivity index (χ1) is 26.6. The van der Waals surface area contributed by atoms with Crippen LogP contribution in [0.3, 0.4) is 0 Å². The fourth-order valence-electron chi connectivity index (χ4n) is 6.33. The van der Waals surface area contributed by atoms with Crippen molar-refractivity contribution in [1.82, 2.24) is 0 Å². The lowest BCUT2D eigenvalue weighted by atomic mass is 10.1. The van der Waals surface area contributed by atoms with Crippen molar-refractivity contribution in [2.45, 2.75) is 232 Å². The largest absolute Gasteiger partial charge is 0.462 e. The van der Waals surface area contributed by atoms with Crippen LogP contribution in [-0.4, -0.2) is 37.9 Å². The summed E-state index contributed by atoms with van der Waals surface area (Å²) in [5.41, 5.74) is 0. The van der Waals surface area contributed by atoms with E-state index in [0.29, 0.717) is 19.4 Å². The van der Waals surface area contributed by atoms with Gasteiger partial charge >= 0.3 is 11.9 Å². The predicted molar refractivity (Wildman–Crippen MR) is 233 cm³/mol. The Morgan fingerprint density at radius 3 is 1.26 bits per heavy atom. The maximum Gasteiger partial charge on any atom is 0.306 e. The first-order valence-electron chi connectivity index (χ1n) is 23.2. The minimum Gasteiger partial charge on any atom is -0.462 e. The first-order valence-corrected chi connectivity index (χ1v) is 23.2. The van der Waals surface area contributed by atoms with E-state index in [4.69, 9.17) is 14.2 Å². The van der Waals surface area contributed by atoms with Gasteiger partial charge in [0.05, 0.1) is 6.61 Å². The van der Waals surface area contributed by atoms with Crippen LogP contribution in [0.1, 0.15) is 226 Å². The van der Waals surface area contributed by atoms with Gasteiger partial charge in [0.15, 0.2) is 6.10 Å². The van der Waals surface area contributed by atoms with Gasteiger partial charge in [-0.1, -0.05) is 179 Å². The molecule has 0 aliphatic rings. The van der Waals surface area contributed by atoms with Crippen LogP contribution < -0.4 is 0 Å². The molecule has 0 aliphatic carbocycles. The van der Waals surface area contributed by atoms with Gasteiger partial charge in [-0.3, -0.25) is 9.59 Å². The standard InChI is InChI=1S/C49H88O5/c1-4-7-10-13-15-17-19-21-23-24-25-27-29-31-33-35-38-41-44-52-45-47(54-49(51)43-40-36-12-9-6-3)46-53-48(50)42-39-37-34-32-30-28-26-22-20-18-16-14-11-8-5-2/h15-18,21-23,26,47H,4-14,19-20,24-25,27-46H2,1-3H3/b17-15-,18-16-,23-21-,26-22-. The normalized spacial score (nSPS) is 12.6. The molecule has 0 rings (SSSR count). The summed E-state index contributed by atoms with van der Waals surface area (Å²) >= 11 is 0. The van der Waals surface area contributed by atoms with Gasteiger partial charge in [0.2, 0.25) is 0 Å². The smallest absolute Gasteiger partial charge is 0.306 e. The van der Waals surface area contributed by atoms with Gasteiger partial charge in [0, 0.05) is 19.4 Å². The topological polar surface area (TPSA) is 61.8 Å².